The fraction of sp³-hybridized carbons (Fsp3) is 0.583. The molecule has 0 radical (unpaired) electrons. The largest absolute Gasteiger partial charge is 0.481 e. The van der Waals surface area contributed by atoms with Gasteiger partial charge in [-0.1, -0.05) is 0 Å². The van der Waals surface area contributed by atoms with E-state index in [0.717, 1.165) is 5.82 Å². The van der Waals surface area contributed by atoms with Gasteiger partial charge in [-0.3, -0.25) is 0 Å². The fourth-order valence-corrected chi connectivity index (χ4v) is 2.18. The number of nitrogens with zero attached hydrogens (tertiary/aromatic N) is 2. The van der Waals surface area contributed by atoms with Crippen LogP contribution in [0.25, 0.3) is 0 Å². The van der Waals surface area contributed by atoms with Crippen molar-refractivity contribution in [3.05, 3.63) is 12.1 Å². The number of pyridine rings is 1. The summed E-state index contributed by atoms with van der Waals surface area (Å²) in [5.74, 6) is 1.27. The number of nitrogens with two attached hydrogens (primary N) is 1. The third-order valence-electron chi connectivity index (χ3n) is 3.21. The molecule has 0 bridgehead atoms. The van der Waals surface area contributed by atoms with Crippen LogP contribution >= 0.6 is 0 Å². The smallest absolute Gasteiger partial charge is 0.215 e. The molecule has 2 atom stereocenters. The van der Waals surface area contributed by atoms with E-state index in [1.807, 2.05) is 0 Å². The van der Waals surface area contributed by atoms with Crippen molar-refractivity contribution >= 4 is 11.5 Å². The molecule has 0 aliphatic carbocycles. The zero-order valence-corrected chi connectivity index (χ0v) is 10.9. The first-order valence-electron chi connectivity index (χ1n) is 5.80. The number of ether oxygens (including phenoxy) is 3. The lowest BCUT2D eigenvalue weighted by Crippen LogP contribution is -2.27. The molecular weight excluding hydrogens is 234 g/mol. The van der Waals surface area contributed by atoms with Gasteiger partial charge < -0.3 is 24.8 Å². The summed E-state index contributed by atoms with van der Waals surface area (Å²) in [6, 6.07) is 3.54. The van der Waals surface area contributed by atoms with Crippen molar-refractivity contribution in [2.45, 2.75) is 12.2 Å². The summed E-state index contributed by atoms with van der Waals surface area (Å²) < 4.78 is 15.9. The van der Waals surface area contributed by atoms with Gasteiger partial charge in [0.2, 0.25) is 5.88 Å². The predicted molar refractivity (Wildman–Crippen MR) is 69.0 cm³/mol. The number of methoxy groups -OCH3 is 3. The molecule has 0 aromatic carbocycles. The van der Waals surface area contributed by atoms with E-state index in [2.05, 4.69) is 9.88 Å². The van der Waals surface area contributed by atoms with Crippen molar-refractivity contribution < 1.29 is 14.2 Å². The van der Waals surface area contributed by atoms with Crippen LogP contribution in [0.3, 0.4) is 0 Å². The van der Waals surface area contributed by atoms with Gasteiger partial charge >= 0.3 is 0 Å². The van der Waals surface area contributed by atoms with Crippen LogP contribution in [0.5, 0.6) is 5.88 Å². The quantitative estimate of drug-likeness (QED) is 0.843. The van der Waals surface area contributed by atoms with Crippen molar-refractivity contribution in [1.29, 1.82) is 0 Å². The minimum absolute atomic E-state index is 0.0300. The molecule has 0 spiro atoms. The highest BCUT2D eigenvalue weighted by Crippen LogP contribution is 2.28. The van der Waals surface area contributed by atoms with E-state index in [-0.39, 0.29) is 12.2 Å². The van der Waals surface area contributed by atoms with Gasteiger partial charge in [0, 0.05) is 33.4 Å². The maximum Gasteiger partial charge on any atom is 0.215 e. The van der Waals surface area contributed by atoms with Crippen LogP contribution in [0.1, 0.15) is 0 Å². The van der Waals surface area contributed by atoms with Gasteiger partial charge in [0.15, 0.2) is 5.82 Å². The van der Waals surface area contributed by atoms with E-state index in [9.17, 15) is 0 Å². The van der Waals surface area contributed by atoms with Crippen molar-refractivity contribution in [1.82, 2.24) is 4.98 Å². The summed E-state index contributed by atoms with van der Waals surface area (Å²) in [5, 5.41) is 0. The molecule has 2 unspecified atom stereocenters. The van der Waals surface area contributed by atoms with Crippen LogP contribution in [-0.4, -0.2) is 51.6 Å². The van der Waals surface area contributed by atoms with Crippen LogP contribution in [0.15, 0.2) is 12.1 Å². The molecule has 1 fully saturated rings. The highest BCUT2D eigenvalue weighted by Gasteiger charge is 2.34. The second-order valence-corrected chi connectivity index (χ2v) is 4.22. The number of hydrogen-bond acceptors (Lipinski definition) is 6. The summed E-state index contributed by atoms with van der Waals surface area (Å²) in [5.41, 5.74) is 6.58. The summed E-state index contributed by atoms with van der Waals surface area (Å²) >= 11 is 0. The van der Waals surface area contributed by atoms with Crippen LogP contribution < -0.4 is 15.4 Å². The molecule has 2 heterocycles. The Hall–Kier alpha value is -1.53. The van der Waals surface area contributed by atoms with E-state index in [1.165, 1.54) is 0 Å². The molecule has 100 valence electrons. The van der Waals surface area contributed by atoms with Crippen molar-refractivity contribution in [2.24, 2.45) is 0 Å². The Kier molecular flexibility index (Phi) is 3.88. The van der Waals surface area contributed by atoms with Crippen molar-refractivity contribution in [2.75, 3.05) is 45.1 Å². The number of rotatable bonds is 4. The number of nitrogen functional groups attached to an aromatic ring is 1. The number of anilines is 2. The van der Waals surface area contributed by atoms with Gasteiger partial charge in [-0.05, 0) is 6.07 Å². The normalized spacial score (nSPS) is 23.4. The minimum atomic E-state index is 0.0300. The molecule has 2 N–H and O–H groups in total. The molecule has 2 rings (SSSR count). The van der Waals surface area contributed by atoms with Gasteiger partial charge in [-0.25, -0.2) is 0 Å². The molecule has 6 heteroatoms. The number of hydrogen-bond donors (Lipinski definition) is 1. The van der Waals surface area contributed by atoms with Gasteiger partial charge in [-0.15, -0.1) is 0 Å². The molecular formula is C12H19N3O3. The van der Waals surface area contributed by atoms with E-state index in [0.29, 0.717) is 24.7 Å². The van der Waals surface area contributed by atoms with Crippen LogP contribution in [0, 0.1) is 0 Å². The van der Waals surface area contributed by atoms with E-state index >= 15 is 0 Å². The van der Waals surface area contributed by atoms with E-state index < -0.39 is 0 Å². The molecule has 1 aliphatic heterocycles. The maximum absolute atomic E-state index is 5.96. The van der Waals surface area contributed by atoms with Crippen LogP contribution in [-0.2, 0) is 9.47 Å². The first kappa shape index (κ1) is 12.9. The van der Waals surface area contributed by atoms with Crippen molar-refractivity contribution in [3.63, 3.8) is 0 Å². The average molecular weight is 253 g/mol. The monoisotopic (exact) mass is 253 g/mol. The van der Waals surface area contributed by atoms with Gasteiger partial charge in [0.1, 0.15) is 12.2 Å². The third-order valence-corrected chi connectivity index (χ3v) is 3.21. The molecule has 1 aromatic heterocycles. The summed E-state index contributed by atoms with van der Waals surface area (Å²) in [6.45, 7) is 1.42. The Morgan fingerprint density at radius 2 is 1.78 bits per heavy atom. The summed E-state index contributed by atoms with van der Waals surface area (Å²) in [6.07, 6.45) is 0.0600. The average Bonchev–Trinajstić information content (AvgIpc) is 2.82. The molecule has 0 saturated carbocycles. The SMILES string of the molecule is COc1ccc(N)c(N2CC(OC)C(OC)C2)n1. The topological polar surface area (TPSA) is 69.8 Å². The van der Waals surface area contributed by atoms with Crippen molar-refractivity contribution in [3.8, 4) is 5.88 Å². The predicted octanol–water partition coefficient (Wildman–Crippen LogP) is 0.522. The highest BCUT2D eigenvalue weighted by molar-refractivity contribution is 5.64. The zero-order valence-electron chi connectivity index (χ0n) is 10.9. The first-order valence-corrected chi connectivity index (χ1v) is 5.80. The maximum atomic E-state index is 5.96. The van der Waals surface area contributed by atoms with E-state index in [4.69, 9.17) is 19.9 Å². The molecule has 6 nitrogen and oxygen atoms in total. The molecule has 1 aromatic rings. The zero-order chi connectivity index (χ0) is 13.1. The lowest BCUT2D eigenvalue weighted by molar-refractivity contribution is -0.00461. The van der Waals surface area contributed by atoms with Crippen LogP contribution in [0.2, 0.25) is 0 Å². The molecule has 0 amide bonds. The Bertz CT molecular complexity index is 402. The Balaban J connectivity index is 2.22. The summed E-state index contributed by atoms with van der Waals surface area (Å²) in [4.78, 5) is 6.43. The lowest BCUT2D eigenvalue weighted by atomic mass is 10.3. The summed E-state index contributed by atoms with van der Waals surface area (Å²) in [7, 11) is 4.95. The van der Waals surface area contributed by atoms with Gasteiger partial charge in [-0.2, -0.15) is 4.98 Å². The lowest BCUT2D eigenvalue weighted by Gasteiger charge is -2.19. The Morgan fingerprint density at radius 1 is 1.17 bits per heavy atom. The highest BCUT2D eigenvalue weighted by atomic mass is 16.5. The minimum Gasteiger partial charge on any atom is -0.481 e. The third kappa shape index (κ3) is 2.34. The first-order chi connectivity index (χ1) is 8.69. The molecule has 1 saturated heterocycles. The van der Waals surface area contributed by atoms with Gasteiger partial charge in [0.25, 0.3) is 0 Å². The molecule has 1 aliphatic rings. The van der Waals surface area contributed by atoms with E-state index in [1.54, 1.807) is 33.5 Å². The fourth-order valence-electron chi connectivity index (χ4n) is 2.18. The Morgan fingerprint density at radius 3 is 2.28 bits per heavy atom. The van der Waals surface area contributed by atoms with Crippen LogP contribution in [0.4, 0.5) is 11.5 Å². The number of aromatic nitrogens is 1. The standard InChI is InChI=1S/C12H19N3O3/c1-16-9-6-15(7-10(9)17-2)12-8(13)4-5-11(14-12)18-3/h4-5,9-10H,6-7,13H2,1-3H3. The molecule has 18 heavy (non-hydrogen) atoms. The Labute approximate surface area is 107 Å². The van der Waals surface area contributed by atoms with Gasteiger partial charge in [0.05, 0.1) is 12.8 Å². The second-order valence-electron chi connectivity index (χ2n) is 4.22. The second kappa shape index (κ2) is 5.41.